The molecule has 2 aromatic rings. The standard InChI is InChI=1S/C18H18ClNO4S/c1-11(17(21)20-12-5-4-6-13(9-12)23-2)24-18(22)15-10-14(25-3)7-8-16(15)19/h4-11H,1-3H3,(H,20,21)/t11-/m1/s1. The van der Waals surface area contributed by atoms with E-state index in [0.717, 1.165) is 4.90 Å². The number of halogens is 1. The molecule has 5 nitrogen and oxygen atoms in total. The molecular weight excluding hydrogens is 362 g/mol. The van der Waals surface area contributed by atoms with Gasteiger partial charge in [0.25, 0.3) is 5.91 Å². The van der Waals surface area contributed by atoms with Crippen molar-refractivity contribution in [2.24, 2.45) is 0 Å². The van der Waals surface area contributed by atoms with Crippen molar-refractivity contribution >= 4 is 40.9 Å². The molecule has 7 heteroatoms. The van der Waals surface area contributed by atoms with Gasteiger partial charge in [0.15, 0.2) is 6.10 Å². The first-order valence-corrected chi connectivity index (χ1v) is 9.04. The number of methoxy groups -OCH3 is 1. The average molecular weight is 380 g/mol. The highest BCUT2D eigenvalue weighted by Crippen LogP contribution is 2.24. The van der Waals surface area contributed by atoms with Crippen molar-refractivity contribution in [2.75, 3.05) is 18.7 Å². The molecule has 0 aromatic heterocycles. The Morgan fingerprint density at radius 2 is 1.96 bits per heavy atom. The maximum absolute atomic E-state index is 12.3. The highest BCUT2D eigenvalue weighted by Gasteiger charge is 2.21. The van der Waals surface area contributed by atoms with Gasteiger partial charge in [-0.3, -0.25) is 4.79 Å². The molecule has 0 aliphatic carbocycles. The van der Waals surface area contributed by atoms with Gasteiger partial charge in [0, 0.05) is 16.6 Å². The summed E-state index contributed by atoms with van der Waals surface area (Å²) in [5.41, 5.74) is 0.782. The zero-order valence-corrected chi connectivity index (χ0v) is 15.6. The molecule has 0 bridgehead atoms. The van der Waals surface area contributed by atoms with Crippen molar-refractivity contribution in [3.8, 4) is 5.75 Å². The minimum Gasteiger partial charge on any atom is -0.497 e. The summed E-state index contributed by atoms with van der Waals surface area (Å²) in [5.74, 6) is -0.476. The van der Waals surface area contributed by atoms with Crippen molar-refractivity contribution in [3.05, 3.63) is 53.1 Å². The summed E-state index contributed by atoms with van der Waals surface area (Å²) >= 11 is 7.53. The molecule has 2 aromatic carbocycles. The highest BCUT2D eigenvalue weighted by atomic mass is 35.5. The van der Waals surface area contributed by atoms with Gasteiger partial charge in [0.1, 0.15) is 5.75 Å². The molecule has 0 saturated heterocycles. The van der Waals surface area contributed by atoms with Gasteiger partial charge in [0.2, 0.25) is 0 Å². The number of anilines is 1. The van der Waals surface area contributed by atoms with Crippen LogP contribution in [-0.2, 0) is 9.53 Å². The number of thioether (sulfide) groups is 1. The lowest BCUT2D eigenvalue weighted by molar-refractivity contribution is -0.123. The summed E-state index contributed by atoms with van der Waals surface area (Å²) in [6, 6.07) is 12.0. The normalized spacial score (nSPS) is 11.5. The fourth-order valence-electron chi connectivity index (χ4n) is 2.01. The Morgan fingerprint density at radius 1 is 1.20 bits per heavy atom. The van der Waals surface area contributed by atoms with E-state index in [1.165, 1.54) is 25.8 Å². The lowest BCUT2D eigenvalue weighted by atomic mass is 10.2. The number of hydrogen-bond acceptors (Lipinski definition) is 5. The minimum absolute atomic E-state index is 0.231. The second-order valence-electron chi connectivity index (χ2n) is 5.11. The van der Waals surface area contributed by atoms with Crippen LogP contribution in [0.5, 0.6) is 5.75 Å². The van der Waals surface area contributed by atoms with E-state index in [4.69, 9.17) is 21.1 Å². The predicted molar refractivity (Wildman–Crippen MR) is 99.7 cm³/mol. The Balaban J connectivity index is 2.04. The maximum Gasteiger partial charge on any atom is 0.340 e. The van der Waals surface area contributed by atoms with Crippen LogP contribution in [0, 0.1) is 0 Å². The van der Waals surface area contributed by atoms with E-state index >= 15 is 0 Å². The number of carbonyl (C=O) groups is 2. The van der Waals surface area contributed by atoms with Gasteiger partial charge in [-0.2, -0.15) is 0 Å². The fourth-order valence-corrected chi connectivity index (χ4v) is 2.64. The van der Waals surface area contributed by atoms with E-state index in [2.05, 4.69) is 5.32 Å². The summed E-state index contributed by atoms with van der Waals surface area (Å²) in [6.07, 6.45) is 0.912. The number of hydrogen-bond donors (Lipinski definition) is 1. The Bertz CT molecular complexity index is 781. The van der Waals surface area contributed by atoms with Crippen LogP contribution in [0.4, 0.5) is 5.69 Å². The van der Waals surface area contributed by atoms with Crippen LogP contribution in [-0.4, -0.2) is 31.3 Å². The van der Waals surface area contributed by atoms with Gasteiger partial charge in [0.05, 0.1) is 17.7 Å². The zero-order chi connectivity index (χ0) is 18.4. The van der Waals surface area contributed by atoms with Crippen LogP contribution >= 0.6 is 23.4 Å². The summed E-state index contributed by atoms with van der Waals surface area (Å²) in [5, 5.41) is 2.96. The lowest BCUT2D eigenvalue weighted by Crippen LogP contribution is -2.30. The first-order chi connectivity index (χ1) is 11.9. The van der Waals surface area contributed by atoms with Crippen LogP contribution in [0.25, 0.3) is 0 Å². The zero-order valence-electron chi connectivity index (χ0n) is 14.0. The second kappa shape index (κ2) is 8.78. The number of ether oxygens (including phenoxy) is 2. The van der Waals surface area contributed by atoms with Gasteiger partial charge in [-0.25, -0.2) is 4.79 Å². The number of esters is 1. The first-order valence-electron chi connectivity index (χ1n) is 7.44. The molecule has 0 saturated carbocycles. The summed E-state index contributed by atoms with van der Waals surface area (Å²) in [6.45, 7) is 1.50. The monoisotopic (exact) mass is 379 g/mol. The number of carbonyl (C=O) groups excluding carboxylic acids is 2. The van der Waals surface area contributed by atoms with Gasteiger partial charge in [-0.1, -0.05) is 17.7 Å². The SMILES string of the molecule is COc1cccc(NC(=O)[C@@H](C)OC(=O)c2cc(SC)ccc2Cl)c1. The quantitative estimate of drug-likeness (QED) is 0.600. The number of amides is 1. The molecule has 1 N–H and O–H groups in total. The van der Waals surface area contributed by atoms with Crippen molar-refractivity contribution < 1.29 is 19.1 Å². The third kappa shape index (κ3) is 5.14. The van der Waals surface area contributed by atoms with Crippen LogP contribution in [0.15, 0.2) is 47.4 Å². The number of nitrogens with one attached hydrogen (secondary N) is 1. The minimum atomic E-state index is -0.979. The molecule has 1 atom stereocenters. The third-order valence-corrected chi connectivity index (χ3v) is 4.44. The molecule has 0 aliphatic rings. The largest absolute Gasteiger partial charge is 0.497 e. The Hall–Kier alpha value is -2.18. The molecule has 132 valence electrons. The molecule has 0 spiro atoms. The van der Waals surface area contributed by atoms with E-state index in [0.29, 0.717) is 11.4 Å². The van der Waals surface area contributed by atoms with Crippen LogP contribution in [0.3, 0.4) is 0 Å². The summed E-state index contributed by atoms with van der Waals surface area (Å²) in [7, 11) is 1.54. The van der Waals surface area contributed by atoms with Crippen LogP contribution in [0.1, 0.15) is 17.3 Å². The lowest BCUT2D eigenvalue weighted by Gasteiger charge is -2.14. The number of benzene rings is 2. The molecular formula is C18H18ClNO4S. The molecule has 1 amide bonds. The topological polar surface area (TPSA) is 64.6 Å². The molecule has 0 fully saturated rings. The van der Waals surface area contributed by atoms with Gasteiger partial charge in [-0.15, -0.1) is 11.8 Å². The maximum atomic E-state index is 12.3. The van der Waals surface area contributed by atoms with Crippen molar-refractivity contribution in [1.82, 2.24) is 0 Å². The van der Waals surface area contributed by atoms with E-state index < -0.39 is 18.0 Å². The van der Waals surface area contributed by atoms with Crippen molar-refractivity contribution in [1.29, 1.82) is 0 Å². The van der Waals surface area contributed by atoms with Gasteiger partial charge >= 0.3 is 5.97 Å². The third-order valence-electron chi connectivity index (χ3n) is 3.38. The molecule has 0 radical (unpaired) electrons. The molecule has 0 unspecified atom stereocenters. The average Bonchev–Trinajstić information content (AvgIpc) is 2.62. The Labute approximate surface area is 155 Å². The molecule has 0 aliphatic heterocycles. The van der Waals surface area contributed by atoms with Crippen LogP contribution in [0.2, 0.25) is 5.02 Å². The number of rotatable bonds is 6. The van der Waals surface area contributed by atoms with E-state index in [9.17, 15) is 9.59 Å². The fraction of sp³-hybridized carbons (Fsp3) is 0.222. The summed E-state index contributed by atoms with van der Waals surface area (Å²) < 4.78 is 10.3. The van der Waals surface area contributed by atoms with E-state index in [1.54, 1.807) is 36.4 Å². The molecule has 0 heterocycles. The molecule has 25 heavy (non-hydrogen) atoms. The smallest absolute Gasteiger partial charge is 0.340 e. The highest BCUT2D eigenvalue weighted by molar-refractivity contribution is 7.98. The van der Waals surface area contributed by atoms with Crippen molar-refractivity contribution in [3.63, 3.8) is 0 Å². The van der Waals surface area contributed by atoms with E-state index in [1.807, 2.05) is 12.3 Å². The predicted octanol–water partition coefficient (Wildman–Crippen LogP) is 4.25. The van der Waals surface area contributed by atoms with E-state index in [-0.39, 0.29) is 10.6 Å². The molecule has 2 rings (SSSR count). The first kappa shape index (κ1) is 19.1. The Kier molecular flexibility index (Phi) is 6.73. The van der Waals surface area contributed by atoms with Crippen molar-refractivity contribution in [2.45, 2.75) is 17.9 Å². The summed E-state index contributed by atoms with van der Waals surface area (Å²) in [4.78, 5) is 25.4. The van der Waals surface area contributed by atoms with Gasteiger partial charge < -0.3 is 14.8 Å². The second-order valence-corrected chi connectivity index (χ2v) is 6.40. The Morgan fingerprint density at radius 3 is 2.64 bits per heavy atom. The van der Waals surface area contributed by atoms with Gasteiger partial charge in [-0.05, 0) is 43.5 Å². The van der Waals surface area contributed by atoms with Crippen LogP contribution < -0.4 is 10.1 Å².